The van der Waals surface area contributed by atoms with Gasteiger partial charge in [-0.2, -0.15) is 0 Å². The highest BCUT2D eigenvalue weighted by Gasteiger charge is 2.22. The van der Waals surface area contributed by atoms with Crippen molar-refractivity contribution in [3.63, 3.8) is 0 Å². The Bertz CT molecular complexity index is 925. The minimum atomic E-state index is 0.488. The molecule has 0 aliphatic heterocycles. The van der Waals surface area contributed by atoms with Gasteiger partial charge >= 0.3 is 0 Å². The Balaban J connectivity index is 1.31. The first kappa shape index (κ1) is 19.4. The molecule has 1 fully saturated rings. The van der Waals surface area contributed by atoms with Gasteiger partial charge < -0.3 is 10.6 Å². The Morgan fingerprint density at radius 2 is 1.83 bits per heavy atom. The second-order valence-corrected chi connectivity index (χ2v) is 7.66. The number of rotatable bonds is 6. The summed E-state index contributed by atoms with van der Waals surface area (Å²) in [5.74, 6) is 2.54. The molecule has 2 N–H and O–H groups in total. The van der Waals surface area contributed by atoms with Gasteiger partial charge in [0.15, 0.2) is 11.6 Å². The smallest absolute Gasteiger partial charge is 0.191 e. The number of fused-ring (bicyclic) bond motifs is 1. The molecule has 0 spiro atoms. The summed E-state index contributed by atoms with van der Waals surface area (Å²) < 4.78 is 2.03. The van der Waals surface area contributed by atoms with Gasteiger partial charge in [0.1, 0.15) is 5.82 Å². The number of hydrogen-bond acceptors (Lipinski definition) is 3. The number of pyridine rings is 1. The highest BCUT2D eigenvalue weighted by atomic mass is 15.2. The van der Waals surface area contributed by atoms with Gasteiger partial charge in [-0.3, -0.25) is 9.39 Å². The van der Waals surface area contributed by atoms with Crippen molar-refractivity contribution in [2.45, 2.75) is 51.0 Å². The molecule has 0 atom stereocenters. The summed E-state index contributed by atoms with van der Waals surface area (Å²) in [6.45, 7) is 3.65. The molecule has 0 amide bonds. The Morgan fingerprint density at radius 1 is 1.03 bits per heavy atom. The van der Waals surface area contributed by atoms with Crippen LogP contribution in [0, 0.1) is 0 Å². The standard InChI is InChI=1S/C23H30N6/c1-2-24-23(25-16-15-22-28-27-21-10-6-7-17-29(21)22)26-20-13-11-19(12-14-20)18-8-4-3-5-9-18/h3-10,17,19-20H,2,11-16H2,1H3,(H2,24,25,26). The molecule has 0 radical (unpaired) electrons. The number of aromatic nitrogens is 3. The van der Waals surface area contributed by atoms with Crippen LogP contribution in [-0.2, 0) is 6.42 Å². The minimum Gasteiger partial charge on any atom is -0.357 e. The molecule has 1 aromatic carbocycles. The van der Waals surface area contributed by atoms with Crippen LogP contribution in [0.4, 0.5) is 0 Å². The predicted octanol–water partition coefficient (Wildman–Crippen LogP) is 3.55. The fourth-order valence-electron chi connectivity index (χ4n) is 4.14. The Hall–Kier alpha value is -2.89. The maximum Gasteiger partial charge on any atom is 0.191 e. The zero-order valence-electron chi connectivity index (χ0n) is 17.1. The molecule has 152 valence electrons. The van der Waals surface area contributed by atoms with Gasteiger partial charge in [-0.05, 0) is 56.2 Å². The molecule has 1 saturated carbocycles. The van der Waals surface area contributed by atoms with Crippen LogP contribution in [0.25, 0.3) is 5.65 Å². The number of aliphatic imine (C=N–C) groups is 1. The average Bonchev–Trinajstić information content (AvgIpc) is 3.18. The van der Waals surface area contributed by atoms with Crippen LogP contribution in [0.5, 0.6) is 0 Å². The molecule has 2 heterocycles. The predicted molar refractivity (Wildman–Crippen MR) is 117 cm³/mol. The van der Waals surface area contributed by atoms with Crippen molar-refractivity contribution >= 4 is 11.6 Å². The number of guanidine groups is 1. The first-order chi connectivity index (χ1) is 14.3. The maximum absolute atomic E-state index is 4.78. The maximum atomic E-state index is 4.78. The van der Waals surface area contributed by atoms with Gasteiger partial charge in [0.2, 0.25) is 0 Å². The molecule has 2 aromatic heterocycles. The van der Waals surface area contributed by atoms with E-state index in [4.69, 9.17) is 4.99 Å². The van der Waals surface area contributed by atoms with Crippen LogP contribution < -0.4 is 10.6 Å². The summed E-state index contributed by atoms with van der Waals surface area (Å²) in [7, 11) is 0. The summed E-state index contributed by atoms with van der Waals surface area (Å²) in [6, 6.07) is 17.3. The van der Waals surface area contributed by atoms with E-state index in [1.54, 1.807) is 0 Å². The Morgan fingerprint density at radius 3 is 2.62 bits per heavy atom. The first-order valence-corrected chi connectivity index (χ1v) is 10.7. The molecular weight excluding hydrogens is 360 g/mol. The third-order valence-electron chi connectivity index (χ3n) is 5.67. The molecule has 3 aromatic rings. The average molecular weight is 391 g/mol. The van der Waals surface area contributed by atoms with Gasteiger partial charge in [0.25, 0.3) is 0 Å². The van der Waals surface area contributed by atoms with E-state index in [1.807, 2.05) is 28.8 Å². The van der Waals surface area contributed by atoms with E-state index in [0.29, 0.717) is 18.5 Å². The van der Waals surface area contributed by atoms with Crippen molar-refractivity contribution in [1.29, 1.82) is 0 Å². The van der Waals surface area contributed by atoms with Crippen LogP contribution in [0.2, 0.25) is 0 Å². The van der Waals surface area contributed by atoms with Gasteiger partial charge in [-0.1, -0.05) is 36.4 Å². The second-order valence-electron chi connectivity index (χ2n) is 7.66. The van der Waals surface area contributed by atoms with Crippen molar-refractivity contribution in [3.8, 4) is 0 Å². The highest BCUT2D eigenvalue weighted by Crippen LogP contribution is 2.32. The third kappa shape index (κ3) is 4.94. The normalized spacial score (nSPS) is 20.0. The van der Waals surface area contributed by atoms with Crippen LogP contribution in [0.15, 0.2) is 59.7 Å². The van der Waals surface area contributed by atoms with E-state index in [-0.39, 0.29) is 0 Å². The molecule has 0 unspecified atom stereocenters. The van der Waals surface area contributed by atoms with Gasteiger partial charge in [-0.25, -0.2) is 0 Å². The van der Waals surface area contributed by atoms with Crippen molar-refractivity contribution in [2.75, 3.05) is 13.1 Å². The molecule has 29 heavy (non-hydrogen) atoms. The van der Waals surface area contributed by atoms with Crippen LogP contribution in [0.1, 0.15) is 49.9 Å². The van der Waals surface area contributed by atoms with Crippen molar-refractivity contribution in [3.05, 3.63) is 66.1 Å². The molecular formula is C23H30N6. The Labute approximate surface area is 172 Å². The van der Waals surface area contributed by atoms with Crippen LogP contribution >= 0.6 is 0 Å². The first-order valence-electron chi connectivity index (χ1n) is 10.7. The summed E-state index contributed by atoms with van der Waals surface area (Å²) in [5.41, 5.74) is 2.36. The molecule has 6 nitrogen and oxygen atoms in total. The summed E-state index contributed by atoms with van der Waals surface area (Å²) in [6.07, 6.45) is 7.59. The number of hydrogen-bond donors (Lipinski definition) is 2. The molecule has 1 aliphatic rings. The zero-order chi connectivity index (χ0) is 19.9. The largest absolute Gasteiger partial charge is 0.357 e. The Kier molecular flexibility index (Phi) is 6.39. The van der Waals surface area contributed by atoms with Crippen molar-refractivity contribution < 1.29 is 0 Å². The lowest BCUT2D eigenvalue weighted by Crippen LogP contribution is -2.44. The molecule has 6 heteroatoms. The second kappa shape index (κ2) is 9.54. The van der Waals surface area contributed by atoms with Crippen LogP contribution in [-0.4, -0.2) is 39.7 Å². The lowest BCUT2D eigenvalue weighted by molar-refractivity contribution is 0.371. The van der Waals surface area contributed by atoms with Gasteiger partial charge in [-0.15, -0.1) is 10.2 Å². The quantitative estimate of drug-likeness (QED) is 0.499. The highest BCUT2D eigenvalue weighted by molar-refractivity contribution is 5.80. The van der Waals surface area contributed by atoms with Crippen molar-refractivity contribution in [1.82, 2.24) is 25.2 Å². The number of nitrogens with zero attached hydrogens (tertiary/aromatic N) is 4. The summed E-state index contributed by atoms with van der Waals surface area (Å²) in [4.78, 5) is 4.78. The molecule has 0 saturated heterocycles. The van der Waals surface area contributed by atoms with Crippen molar-refractivity contribution in [2.24, 2.45) is 4.99 Å². The van der Waals surface area contributed by atoms with Gasteiger partial charge in [0, 0.05) is 31.7 Å². The topological polar surface area (TPSA) is 66.6 Å². The summed E-state index contributed by atoms with van der Waals surface area (Å²) in [5, 5.41) is 15.5. The lowest BCUT2D eigenvalue weighted by atomic mass is 9.82. The van der Waals surface area contributed by atoms with Gasteiger partial charge in [0.05, 0.1) is 0 Å². The molecule has 4 rings (SSSR count). The monoisotopic (exact) mass is 390 g/mol. The summed E-state index contributed by atoms with van der Waals surface area (Å²) >= 11 is 0. The number of nitrogens with one attached hydrogen (secondary N) is 2. The molecule has 1 aliphatic carbocycles. The molecule has 0 bridgehead atoms. The van der Waals surface area contributed by atoms with E-state index in [9.17, 15) is 0 Å². The third-order valence-corrected chi connectivity index (χ3v) is 5.67. The van der Waals surface area contributed by atoms with E-state index >= 15 is 0 Å². The van der Waals surface area contributed by atoms with E-state index in [2.05, 4.69) is 58.1 Å². The number of benzene rings is 1. The zero-order valence-corrected chi connectivity index (χ0v) is 17.1. The fraction of sp³-hybridized carbons (Fsp3) is 0.435. The van der Waals surface area contributed by atoms with Crippen LogP contribution in [0.3, 0.4) is 0 Å². The minimum absolute atomic E-state index is 0.488. The fourth-order valence-corrected chi connectivity index (χ4v) is 4.14. The van der Waals surface area contributed by atoms with E-state index in [1.165, 1.54) is 31.2 Å². The van der Waals surface area contributed by atoms with E-state index in [0.717, 1.165) is 30.4 Å². The van der Waals surface area contributed by atoms with E-state index < -0.39 is 0 Å². The SMILES string of the molecule is CCNC(=NCCc1nnc2ccccn12)NC1CCC(c2ccccc2)CC1. The lowest BCUT2D eigenvalue weighted by Gasteiger charge is -2.30.